The molecule has 0 saturated carbocycles. The second-order valence-electron chi connectivity index (χ2n) is 5.33. The van der Waals surface area contributed by atoms with Gasteiger partial charge in [0.1, 0.15) is 0 Å². The van der Waals surface area contributed by atoms with Crippen LogP contribution >= 0.6 is 0 Å². The molecule has 0 radical (unpaired) electrons. The van der Waals surface area contributed by atoms with Crippen LogP contribution in [0.1, 0.15) is 12.8 Å². The molecule has 2 aromatic carbocycles. The van der Waals surface area contributed by atoms with Crippen LogP contribution in [-0.2, 0) is 4.65 Å². The maximum atomic E-state index is 6.24. The summed E-state index contributed by atoms with van der Waals surface area (Å²) in [5, 5.41) is 3.49. The highest BCUT2D eigenvalue weighted by Gasteiger charge is 2.23. The lowest BCUT2D eigenvalue weighted by molar-refractivity contribution is 0.288. The van der Waals surface area contributed by atoms with Crippen LogP contribution in [0.2, 0.25) is 0 Å². The fraction of sp³-hybridized carbons (Fsp3) is 0.294. The largest absolute Gasteiger partial charge is 0.425 e. The average Bonchev–Trinajstić information content (AvgIpc) is 3.03. The van der Waals surface area contributed by atoms with Crippen LogP contribution in [0.3, 0.4) is 0 Å². The lowest BCUT2D eigenvalue weighted by atomic mass is 9.55. The maximum Gasteiger partial charge on any atom is 0.361 e. The summed E-state index contributed by atoms with van der Waals surface area (Å²) in [5.74, 6) is 0. The number of hydrogen-bond acceptors (Lipinski definition) is 2. The zero-order chi connectivity index (χ0) is 13.6. The number of hydrogen-bond donors (Lipinski definition) is 1. The fourth-order valence-corrected chi connectivity index (χ4v) is 2.75. The second kappa shape index (κ2) is 6.73. The molecule has 1 aliphatic heterocycles. The van der Waals surface area contributed by atoms with E-state index >= 15 is 0 Å². The van der Waals surface area contributed by atoms with Gasteiger partial charge in [0.25, 0.3) is 0 Å². The van der Waals surface area contributed by atoms with Crippen molar-refractivity contribution in [1.82, 2.24) is 5.32 Å². The molecule has 1 saturated heterocycles. The molecule has 102 valence electrons. The Bertz CT molecular complexity index is 472. The van der Waals surface area contributed by atoms with Crippen molar-refractivity contribution in [2.24, 2.45) is 0 Å². The minimum atomic E-state index is 0.0276. The van der Waals surface area contributed by atoms with Gasteiger partial charge in [-0.05, 0) is 30.3 Å². The molecule has 2 nitrogen and oxygen atoms in total. The predicted molar refractivity (Wildman–Crippen MR) is 84.9 cm³/mol. The van der Waals surface area contributed by atoms with Crippen molar-refractivity contribution in [1.29, 1.82) is 0 Å². The molecule has 0 aromatic heterocycles. The molecule has 0 bridgehead atoms. The molecule has 3 rings (SSSR count). The quantitative estimate of drug-likeness (QED) is 0.828. The van der Waals surface area contributed by atoms with E-state index in [1.165, 1.54) is 23.8 Å². The third kappa shape index (κ3) is 3.30. The van der Waals surface area contributed by atoms with Crippen molar-refractivity contribution in [2.75, 3.05) is 13.2 Å². The van der Waals surface area contributed by atoms with E-state index in [0.29, 0.717) is 6.04 Å². The molecule has 1 aliphatic rings. The van der Waals surface area contributed by atoms with E-state index in [2.05, 4.69) is 53.8 Å². The van der Waals surface area contributed by atoms with Gasteiger partial charge in [0.05, 0.1) is 0 Å². The summed E-state index contributed by atoms with van der Waals surface area (Å²) in [6.07, 6.45) is 2.48. The molecule has 0 spiro atoms. The topological polar surface area (TPSA) is 21.3 Å². The first kappa shape index (κ1) is 13.4. The highest BCUT2D eigenvalue weighted by atomic mass is 16.4. The summed E-state index contributed by atoms with van der Waals surface area (Å²) in [6, 6.07) is 21.4. The Labute approximate surface area is 121 Å². The summed E-state index contributed by atoms with van der Waals surface area (Å²) in [6.45, 7) is 1.92. The number of nitrogens with one attached hydrogen (secondary N) is 1. The molecule has 3 heteroatoms. The van der Waals surface area contributed by atoms with Gasteiger partial charge in [0, 0.05) is 12.6 Å². The van der Waals surface area contributed by atoms with Crippen LogP contribution in [0.5, 0.6) is 0 Å². The van der Waals surface area contributed by atoms with Crippen LogP contribution in [0.4, 0.5) is 0 Å². The molecule has 0 amide bonds. The van der Waals surface area contributed by atoms with Crippen LogP contribution in [0.15, 0.2) is 60.7 Å². The van der Waals surface area contributed by atoms with Gasteiger partial charge >= 0.3 is 6.92 Å². The third-order valence-corrected chi connectivity index (χ3v) is 3.83. The highest BCUT2D eigenvalue weighted by molar-refractivity contribution is 6.80. The molecular weight excluding hydrogens is 245 g/mol. The van der Waals surface area contributed by atoms with E-state index in [0.717, 1.165) is 13.2 Å². The van der Waals surface area contributed by atoms with Crippen LogP contribution in [0, 0.1) is 0 Å². The first-order valence-corrected chi connectivity index (χ1v) is 7.38. The Morgan fingerprint density at radius 3 is 2.05 bits per heavy atom. The molecule has 0 aliphatic carbocycles. The Balaban J connectivity index is 1.76. The summed E-state index contributed by atoms with van der Waals surface area (Å²) in [4.78, 5) is 0. The van der Waals surface area contributed by atoms with Gasteiger partial charge in [-0.1, -0.05) is 60.7 Å². The predicted octanol–water partition coefficient (Wildman–Crippen LogP) is 1.56. The van der Waals surface area contributed by atoms with Crippen molar-refractivity contribution in [3.05, 3.63) is 60.7 Å². The molecular formula is C17H20BNO. The van der Waals surface area contributed by atoms with Crippen LogP contribution in [-0.4, -0.2) is 26.1 Å². The molecule has 20 heavy (non-hydrogen) atoms. The molecule has 1 heterocycles. The zero-order valence-corrected chi connectivity index (χ0v) is 11.7. The van der Waals surface area contributed by atoms with Gasteiger partial charge in [-0.15, -0.1) is 0 Å². The fourth-order valence-electron chi connectivity index (χ4n) is 2.75. The summed E-state index contributed by atoms with van der Waals surface area (Å²) >= 11 is 0. The average molecular weight is 265 g/mol. The van der Waals surface area contributed by atoms with Crippen LogP contribution in [0.25, 0.3) is 0 Å². The maximum absolute atomic E-state index is 6.24. The molecule has 2 aromatic rings. The minimum Gasteiger partial charge on any atom is -0.425 e. The van der Waals surface area contributed by atoms with Crippen molar-refractivity contribution >= 4 is 17.8 Å². The number of benzene rings is 2. The van der Waals surface area contributed by atoms with E-state index in [4.69, 9.17) is 4.65 Å². The van der Waals surface area contributed by atoms with E-state index < -0.39 is 0 Å². The van der Waals surface area contributed by atoms with Crippen molar-refractivity contribution in [3.63, 3.8) is 0 Å². The van der Waals surface area contributed by atoms with Crippen molar-refractivity contribution < 1.29 is 4.65 Å². The normalized spacial score (nSPS) is 18.1. The van der Waals surface area contributed by atoms with E-state index in [9.17, 15) is 0 Å². The van der Waals surface area contributed by atoms with Gasteiger partial charge in [0.2, 0.25) is 0 Å². The Morgan fingerprint density at radius 1 is 0.950 bits per heavy atom. The van der Waals surface area contributed by atoms with E-state index in [1.807, 2.05) is 12.1 Å². The zero-order valence-electron chi connectivity index (χ0n) is 11.7. The standard InChI is InChI=1S/C17H20BNO/c1-3-8-15(9-4-1)18(16-10-5-2-6-11-16)20-14-17-12-7-13-19-17/h1-6,8-11,17,19H,7,12-14H2/t17-/m1/s1. The Morgan fingerprint density at radius 2 is 1.55 bits per heavy atom. The van der Waals surface area contributed by atoms with Crippen LogP contribution < -0.4 is 16.2 Å². The Kier molecular flexibility index (Phi) is 4.51. The third-order valence-electron chi connectivity index (χ3n) is 3.83. The monoisotopic (exact) mass is 265 g/mol. The molecule has 1 atom stereocenters. The van der Waals surface area contributed by atoms with Crippen molar-refractivity contribution in [3.8, 4) is 0 Å². The molecule has 1 N–H and O–H groups in total. The molecule has 1 fully saturated rings. The van der Waals surface area contributed by atoms with Crippen molar-refractivity contribution in [2.45, 2.75) is 18.9 Å². The SMILES string of the molecule is c1ccc(B(OC[C@H]2CCCN2)c2ccccc2)cc1. The van der Waals surface area contributed by atoms with E-state index in [1.54, 1.807) is 0 Å². The Hall–Kier alpha value is -1.58. The number of rotatable bonds is 5. The van der Waals surface area contributed by atoms with Gasteiger partial charge in [0.15, 0.2) is 0 Å². The summed E-state index contributed by atoms with van der Waals surface area (Å²) < 4.78 is 6.24. The smallest absolute Gasteiger partial charge is 0.361 e. The lowest BCUT2D eigenvalue weighted by Gasteiger charge is -2.18. The highest BCUT2D eigenvalue weighted by Crippen LogP contribution is 2.06. The summed E-state index contributed by atoms with van der Waals surface area (Å²) in [5.41, 5.74) is 2.44. The summed E-state index contributed by atoms with van der Waals surface area (Å²) in [7, 11) is 0. The van der Waals surface area contributed by atoms with Gasteiger partial charge in [-0.2, -0.15) is 0 Å². The van der Waals surface area contributed by atoms with E-state index in [-0.39, 0.29) is 6.92 Å². The lowest BCUT2D eigenvalue weighted by Crippen LogP contribution is -2.47. The van der Waals surface area contributed by atoms with Gasteiger partial charge in [-0.25, -0.2) is 0 Å². The second-order valence-corrected chi connectivity index (χ2v) is 5.33. The minimum absolute atomic E-state index is 0.0276. The first-order valence-electron chi connectivity index (χ1n) is 7.38. The molecule has 0 unspecified atom stereocenters. The van der Waals surface area contributed by atoms with Gasteiger partial charge < -0.3 is 9.97 Å². The van der Waals surface area contributed by atoms with Gasteiger partial charge in [-0.3, -0.25) is 0 Å². The first-order chi connectivity index (χ1) is 9.93.